The Kier molecular flexibility index (Phi) is 3.19. The third-order valence-electron chi connectivity index (χ3n) is 3.28. The van der Waals surface area contributed by atoms with Gasteiger partial charge in [-0.1, -0.05) is 12.1 Å². The van der Waals surface area contributed by atoms with E-state index in [0.29, 0.717) is 19.6 Å². The number of likely N-dealkylation sites (tertiary alicyclic amines) is 1. The molecule has 0 radical (unpaired) electrons. The Morgan fingerprint density at radius 1 is 1.44 bits per heavy atom. The maximum absolute atomic E-state index is 11.6. The van der Waals surface area contributed by atoms with Crippen LogP contribution >= 0.6 is 0 Å². The van der Waals surface area contributed by atoms with Crippen molar-refractivity contribution in [2.45, 2.75) is 25.5 Å². The second-order valence-corrected chi connectivity index (χ2v) is 4.83. The van der Waals surface area contributed by atoms with E-state index < -0.39 is 0 Å². The quantitative estimate of drug-likeness (QED) is 0.742. The summed E-state index contributed by atoms with van der Waals surface area (Å²) in [6.45, 7) is 2.99. The van der Waals surface area contributed by atoms with Crippen molar-refractivity contribution in [1.82, 2.24) is 4.90 Å². The molecule has 4 nitrogen and oxygen atoms in total. The highest BCUT2D eigenvalue weighted by atomic mass is 16.6. The Morgan fingerprint density at radius 3 is 3.06 bits per heavy atom. The van der Waals surface area contributed by atoms with Gasteiger partial charge in [0, 0.05) is 19.5 Å². The van der Waals surface area contributed by atoms with Gasteiger partial charge in [-0.05, 0) is 24.1 Å². The van der Waals surface area contributed by atoms with Crippen molar-refractivity contribution in [3.05, 3.63) is 29.8 Å². The topological polar surface area (TPSA) is 42.1 Å². The van der Waals surface area contributed by atoms with E-state index in [1.165, 1.54) is 0 Å². The molecule has 1 atom stereocenters. The summed E-state index contributed by atoms with van der Waals surface area (Å²) in [6.07, 6.45) is 1.94. The first kappa shape index (κ1) is 11.5. The van der Waals surface area contributed by atoms with Crippen LogP contribution in [0.4, 0.5) is 0 Å². The molecule has 0 bridgehead atoms. The molecule has 0 saturated carbocycles. The van der Waals surface area contributed by atoms with E-state index in [1.54, 1.807) is 0 Å². The molecule has 1 aromatic rings. The predicted molar refractivity (Wildman–Crippen MR) is 66.3 cm³/mol. The standard InChI is InChI=1S/C14H17NO3/c16-14-5-2-6-15(14)8-11-3-1-4-12(7-11)17-9-13-10-18-13/h1,3-4,7,13H,2,5-6,8-10H2/t13-/m1/s1. The zero-order valence-electron chi connectivity index (χ0n) is 10.3. The monoisotopic (exact) mass is 247 g/mol. The Morgan fingerprint density at radius 2 is 2.33 bits per heavy atom. The average molecular weight is 247 g/mol. The van der Waals surface area contributed by atoms with Crippen LogP contribution in [0.1, 0.15) is 18.4 Å². The van der Waals surface area contributed by atoms with Crippen LogP contribution in [0.15, 0.2) is 24.3 Å². The molecule has 0 N–H and O–H groups in total. The van der Waals surface area contributed by atoms with Gasteiger partial charge >= 0.3 is 0 Å². The Bertz CT molecular complexity index is 442. The van der Waals surface area contributed by atoms with Crippen molar-refractivity contribution in [1.29, 1.82) is 0 Å². The van der Waals surface area contributed by atoms with Gasteiger partial charge in [0.15, 0.2) is 0 Å². The molecule has 2 saturated heterocycles. The van der Waals surface area contributed by atoms with Gasteiger partial charge in [0.1, 0.15) is 18.5 Å². The zero-order chi connectivity index (χ0) is 12.4. The van der Waals surface area contributed by atoms with Crippen molar-refractivity contribution in [2.24, 2.45) is 0 Å². The largest absolute Gasteiger partial charge is 0.491 e. The number of rotatable bonds is 5. The van der Waals surface area contributed by atoms with Crippen LogP contribution in [-0.2, 0) is 16.1 Å². The van der Waals surface area contributed by atoms with Gasteiger partial charge < -0.3 is 14.4 Å². The summed E-state index contributed by atoms with van der Waals surface area (Å²) in [7, 11) is 0. The molecule has 0 aromatic heterocycles. The second kappa shape index (κ2) is 4.98. The third-order valence-corrected chi connectivity index (χ3v) is 3.28. The van der Waals surface area contributed by atoms with E-state index in [2.05, 4.69) is 0 Å². The second-order valence-electron chi connectivity index (χ2n) is 4.83. The third kappa shape index (κ3) is 2.82. The maximum Gasteiger partial charge on any atom is 0.222 e. The highest BCUT2D eigenvalue weighted by molar-refractivity contribution is 5.78. The van der Waals surface area contributed by atoms with Gasteiger partial charge in [-0.3, -0.25) is 4.79 Å². The van der Waals surface area contributed by atoms with E-state index >= 15 is 0 Å². The summed E-state index contributed by atoms with van der Waals surface area (Å²) < 4.78 is 10.7. The normalized spacial score (nSPS) is 22.3. The number of amides is 1. The number of ether oxygens (including phenoxy) is 2. The Hall–Kier alpha value is -1.55. The Labute approximate surface area is 106 Å². The Balaban J connectivity index is 1.60. The van der Waals surface area contributed by atoms with E-state index in [-0.39, 0.29) is 12.0 Å². The smallest absolute Gasteiger partial charge is 0.222 e. The van der Waals surface area contributed by atoms with Crippen LogP contribution < -0.4 is 4.74 Å². The van der Waals surface area contributed by atoms with Crippen LogP contribution in [0.5, 0.6) is 5.75 Å². The molecule has 2 heterocycles. The molecule has 0 aliphatic carbocycles. The minimum atomic E-state index is 0.257. The lowest BCUT2D eigenvalue weighted by atomic mass is 10.2. The minimum absolute atomic E-state index is 0.257. The van der Waals surface area contributed by atoms with Gasteiger partial charge in [0.25, 0.3) is 0 Å². The molecule has 2 aliphatic heterocycles. The summed E-state index contributed by atoms with van der Waals surface area (Å²) in [4.78, 5) is 13.5. The number of hydrogen-bond acceptors (Lipinski definition) is 3. The molecule has 0 unspecified atom stereocenters. The van der Waals surface area contributed by atoms with Crippen molar-refractivity contribution in [3.63, 3.8) is 0 Å². The van der Waals surface area contributed by atoms with Crippen molar-refractivity contribution in [3.8, 4) is 5.75 Å². The average Bonchev–Trinajstić information content (AvgIpc) is 3.13. The number of carbonyl (C=O) groups is 1. The van der Waals surface area contributed by atoms with Gasteiger partial charge in [-0.25, -0.2) is 0 Å². The molecular formula is C14H17NO3. The van der Waals surface area contributed by atoms with Crippen LogP contribution in [0.25, 0.3) is 0 Å². The van der Waals surface area contributed by atoms with E-state index in [9.17, 15) is 4.79 Å². The van der Waals surface area contributed by atoms with Crippen molar-refractivity contribution in [2.75, 3.05) is 19.8 Å². The van der Waals surface area contributed by atoms with Crippen molar-refractivity contribution < 1.29 is 14.3 Å². The van der Waals surface area contributed by atoms with Crippen LogP contribution in [0.3, 0.4) is 0 Å². The van der Waals surface area contributed by atoms with Crippen molar-refractivity contribution >= 4 is 5.91 Å². The fourth-order valence-corrected chi connectivity index (χ4v) is 2.18. The van der Waals surface area contributed by atoms with Gasteiger partial charge in [-0.2, -0.15) is 0 Å². The molecular weight excluding hydrogens is 230 g/mol. The molecule has 4 heteroatoms. The molecule has 96 valence electrons. The van der Waals surface area contributed by atoms with Gasteiger partial charge in [0.2, 0.25) is 5.91 Å². The first-order valence-electron chi connectivity index (χ1n) is 6.42. The molecule has 1 aromatic carbocycles. The number of epoxide rings is 1. The van der Waals surface area contributed by atoms with Crippen LogP contribution in [0.2, 0.25) is 0 Å². The number of benzene rings is 1. The van der Waals surface area contributed by atoms with Crippen LogP contribution in [0, 0.1) is 0 Å². The van der Waals surface area contributed by atoms with Crippen LogP contribution in [-0.4, -0.2) is 36.7 Å². The highest BCUT2D eigenvalue weighted by Gasteiger charge is 2.23. The summed E-state index contributed by atoms with van der Waals surface area (Å²) in [5.41, 5.74) is 1.12. The molecule has 0 spiro atoms. The fourth-order valence-electron chi connectivity index (χ4n) is 2.18. The summed E-state index contributed by atoms with van der Waals surface area (Å²) in [6, 6.07) is 7.96. The van der Waals surface area contributed by atoms with Gasteiger partial charge in [0.05, 0.1) is 6.61 Å². The summed E-state index contributed by atoms with van der Waals surface area (Å²) in [5.74, 6) is 1.11. The molecule has 1 amide bonds. The predicted octanol–water partition coefficient (Wildman–Crippen LogP) is 1.59. The number of hydrogen-bond donors (Lipinski definition) is 0. The molecule has 18 heavy (non-hydrogen) atoms. The maximum atomic E-state index is 11.6. The molecule has 3 rings (SSSR count). The number of carbonyl (C=O) groups excluding carboxylic acids is 1. The van der Waals surface area contributed by atoms with Gasteiger partial charge in [-0.15, -0.1) is 0 Å². The SMILES string of the molecule is O=C1CCCN1Cc1cccc(OC[C@@H]2CO2)c1. The lowest BCUT2D eigenvalue weighted by Crippen LogP contribution is -2.23. The molecule has 2 aliphatic rings. The van der Waals surface area contributed by atoms with E-state index in [1.807, 2.05) is 29.2 Å². The minimum Gasteiger partial charge on any atom is -0.491 e. The number of nitrogens with zero attached hydrogens (tertiary/aromatic N) is 1. The molecule has 2 fully saturated rings. The summed E-state index contributed by atoms with van der Waals surface area (Å²) in [5, 5.41) is 0. The summed E-state index contributed by atoms with van der Waals surface area (Å²) >= 11 is 0. The van der Waals surface area contributed by atoms with E-state index in [4.69, 9.17) is 9.47 Å². The van der Waals surface area contributed by atoms with E-state index in [0.717, 1.165) is 30.9 Å². The highest BCUT2D eigenvalue weighted by Crippen LogP contribution is 2.19. The lowest BCUT2D eigenvalue weighted by molar-refractivity contribution is -0.128. The zero-order valence-corrected chi connectivity index (χ0v) is 10.3. The fraction of sp³-hybridized carbons (Fsp3) is 0.500. The first-order chi connectivity index (χ1) is 8.81. The lowest BCUT2D eigenvalue weighted by Gasteiger charge is -2.16. The first-order valence-corrected chi connectivity index (χ1v) is 6.42.